The highest BCUT2D eigenvalue weighted by atomic mass is 19.1. The van der Waals surface area contributed by atoms with Gasteiger partial charge in [0.15, 0.2) is 5.78 Å². The van der Waals surface area contributed by atoms with Gasteiger partial charge in [-0.15, -0.1) is 0 Å². The van der Waals surface area contributed by atoms with E-state index in [0.29, 0.717) is 27.9 Å². The van der Waals surface area contributed by atoms with Crippen molar-refractivity contribution in [1.29, 1.82) is 0 Å². The lowest BCUT2D eigenvalue weighted by molar-refractivity contribution is 0.0623. The number of aromatic amines is 1. The van der Waals surface area contributed by atoms with E-state index in [1.807, 2.05) is 0 Å². The number of nitrogens with zero attached hydrogens (tertiary/aromatic N) is 2. The molecule has 5 rings (SSSR count). The van der Waals surface area contributed by atoms with Crippen LogP contribution in [-0.4, -0.2) is 40.2 Å². The first-order chi connectivity index (χ1) is 14.1. The van der Waals surface area contributed by atoms with E-state index in [4.69, 9.17) is 4.74 Å². The third kappa shape index (κ3) is 3.16. The van der Waals surface area contributed by atoms with Crippen molar-refractivity contribution in [2.24, 2.45) is 4.99 Å². The van der Waals surface area contributed by atoms with Crippen molar-refractivity contribution in [1.82, 2.24) is 9.97 Å². The van der Waals surface area contributed by atoms with E-state index in [2.05, 4.69) is 20.3 Å². The van der Waals surface area contributed by atoms with Gasteiger partial charge in [-0.2, -0.15) is 0 Å². The van der Waals surface area contributed by atoms with E-state index < -0.39 is 11.9 Å². The Morgan fingerprint density at radius 1 is 1.24 bits per heavy atom. The summed E-state index contributed by atoms with van der Waals surface area (Å²) in [6.07, 6.45) is 2.29. The number of hydrogen-bond donors (Lipinski definition) is 2. The average molecular weight is 392 g/mol. The number of halogens is 1. The molecule has 1 aliphatic carbocycles. The summed E-state index contributed by atoms with van der Waals surface area (Å²) in [5.74, 6) is -0.420. The number of imidazole rings is 1. The Bertz CT molecular complexity index is 1180. The number of aromatic nitrogens is 2. The van der Waals surface area contributed by atoms with E-state index in [0.717, 1.165) is 19.3 Å². The standard InChI is InChI=1S/C21H17FN4O3/c22-14-6-2-5-13-17(27)10-23-19(18(13)14)11-7-8-15-16(9-11)25-20(24-15)26-21(28)29-12-3-1-4-12/h2,5-9,12H,1,3-4,10H2,(H2,24,25,26,28). The first-order valence-corrected chi connectivity index (χ1v) is 9.43. The molecule has 29 heavy (non-hydrogen) atoms. The van der Waals surface area contributed by atoms with Crippen LogP contribution in [0.15, 0.2) is 41.4 Å². The van der Waals surface area contributed by atoms with Crippen molar-refractivity contribution < 1.29 is 18.7 Å². The zero-order chi connectivity index (χ0) is 20.0. The lowest BCUT2D eigenvalue weighted by atomic mass is 9.92. The van der Waals surface area contributed by atoms with Crippen LogP contribution in [0.5, 0.6) is 0 Å². The van der Waals surface area contributed by atoms with Gasteiger partial charge in [0, 0.05) is 16.7 Å². The number of anilines is 1. The number of benzene rings is 2. The van der Waals surface area contributed by atoms with Crippen LogP contribution in [0, 0.1) is 5.82 Å². The summed E-state index contributed by atoms with van der Waals surface area (Å²) in [6.45, 7) is -0.0212. The maximum atomic E-state index is 14.5. The van der Waals surface area contributed by atoms with Gasteiger partial charge in [-0.1, -0.05) is 18.2 Å². The summed E-state index contributed by atoms with van der Waals surface area (Å²) < 4.78 is 19.7. The maximum Gasteiger partial charge on any atom is 0.414 e. The topological polar surface area (TPSA) is 96.4 Å². The molecule has 0 saturated heterocycles. The lowest BCUT2D eigenvalue weighted by Gasteiger charge is -2.24. The van der Waals surface area contributed by atoms with E-state index in [-0.39, 0.29) is 29.9 Å². The Morgan fingerprint density at radius 2 is 2.10 bits per heavy atom. The molecule has 2 heterocycles. The average Bonchev–Trinajstić information content (AvgIpc) is 3.07. The first kappa shape index (κ1) is 17.5. The number of fused-ring (bicyclic) bond motifs is 2. The Hall–Kier alpha value is -3.55. The molecule has 1 aromatic heterocycles. The fourth-order valence-electron chi connectivity index (χ4n) is 3.53. The van der Waals surface area contributed by atoms with Gasteiger partial charge in [0.05, 0.1) is 16.7 Å². The minimum absolute atomic E-state index is 0.0204. The van der Waals surface area contributed by atoms with Crippen LogP contribution in [0.25, 0.3) is 11.0 Å². The van der Waals surface area contributed by atoms with Gasteiger partial charge >= 0.3 is 6.09 Å². The van der Waals surface area contributed by atoms with Gasteiger partial charge in [-0.05, 0) is 37.5 Å². The smallest absolute Gasteiger partial charge is 0.414 e. The summed E-state index contributed by atoms with van der Waals surface area (Å²) >= 11 is 0. The minimum atomic E-state index is -0.542. The quantitative estimate of drug-likeness (QED) is 0.708. The number of amides is 1. The number of carbonyl (C=O) groups is 2. The molecule has 0 spiro atoms. The third-order valence-corrected chi connectivity index (χ3v) is 5.23. The highest BCUT2D eigenvalue weighted by Crippen LogP contribution is 2.26. The SMILES string of the molecule is O=C(Nc1nc2ccc(C3=NCC(=O)c4cccc(F)c43)cc2[nH]1)OC1CCC1. The molecule has 1 saturated carbocycles. The van der Waals surface area contributed by atoms with Crippen molar-refractivity contribution in [2.75, 3.05) is 11.9 Å². The first-order valence-electron chi connectivity index (χ1n) is 9.43. The van der Waals surface area contributed by atoms with Gasteiger partial charge in [-0.3, -0.25) is 15.1 Å². The van der Waals surface area contributed by atoms with Crippen LogP contribution in [0.1, 0.15) is 40.7 Å². The number of Topliss-reactive ketones (excluding diaryl/α,β-unsaturated/α-hetero) is 1. The molecular formula is C21H17FN4O3. The summed E-state index contributed by atoms with van der Waals surface area (Å²) in [5.41, 5.74) is 2.91. The molecule has 8 heteroatoms. The molecular weight excluding hydrogens is 375 g/mol. The number of hydrogen-bond acceptors (Lipinski definition) is 5. The van der Waals surface area contributed by atoms with Crippen LogP contribution < -0.4 is 5.32 Å². The highest BCUT2D eigenvalue weighted by Gasteiger charge is 2.25. The second kappa shape index (κ2) is 6.80. The largest absolute Gasteiger partial charge is 0.446 e. The number of carbonyl (C=O) groups excluding carboxylic acids is 2. The van der Waals surface area contributed by atoms with Gasteiger partial charge in [-0.25, -0.2) is 14.2 Å². The lowest BCUT2D eigenvalue weighted by Crippen LogP contribution is -2.28. The minimum Gasteiger partial charge on any atom is -0.446 e. The van der Waals surface area contributed by atoms with Crippen LogP contribution >= 0.6 is 0 Å². The number of H-pyrrole nitrogens is 1. The predicted molar refractivity (Wildman–Crippen MR) is 105 cm³/mol. The molecule has 1 fully saturated rings. The molecule has 7 nitrogen and oxygen atoms in total. The normalized spacial score (nSPS) is 16.2. The molecule has 146 valence electrons. The summed E-state index contributed by atoms with van der Waals surface area (Å²) in [5, 5.41) is 2.60. The van der Waals surface area contributed by atoms with Crippen LogP contribution in [0.2, 0.25) is 0 Å². The van der Waals surface area contributed by atoms with Crippen molar-refractivity contribution in [3.05, 3.63) is 58.9 Å². The monoisotopic (exact) mass is 392 g/mol. The van der Waals surface area contributed by atoms with Gasteiger partial charge in [0.25, 0.3) is 0 Å². The van der Waals surface area contributed by atoms with Crippen LogP contribution in [0.3, 0.4) is 0 Å². The highest BCUT2D eigenvalue weighted by molar-refractivity contribution is 6.22. The van der Waals surface area contributed by atoms with Crippen molar-refractivity contribution in [3.8, 4) is 0 Å². The van der Waals surface area contributed by atoms with Crippen molar-refractivity contribution >= 4 is 34.6 Å². The predicted octanol–water partition coefficient (Wildman–Crippen LogP) is 3.84. The Balaban J connectivity index is 1.45. The Kier molecular flexibility index (Phi) is 4.12. The second-order valence-corrected chi connectivity index (χ2v) is 7.15. The summed E-state index contributed by atoms with van der Waals surface area (Å²) in [6, 6.07) is 9.74. The Morgan fingerprint density at radius 3 is 2.90 bits per heavy atom. The molecule has 2 aromatic carbocycles. The molecule has 0 unspecified atom stereocenters. The molecule has 2 aliphatic rings. The molecule has 0 atom stereocenters. The van der Waals surface area contributed by atoms with Crippen molar-refractivity contribution in [2.45, 2.75) is 25.4 Å². The number of ketones is 1. The molecule has 1 amide bonds. The molecule has 2 N–H and O–H groups in total. The molecule has 0 bridgehead atoms. The molecule has 0 radical (unpaired) electrons. The van der Waals surface area contributed by atoms with Gasteiger partial charge in [0.2, 0.25) is 5.95 Å². The fraction of sp³-hybridized carbons (Fsp3) is 0.238. The molecule has 1 aliphatic heterocycles. The van der Waals surface area contributed by atoms with Crippen LogP contribution in [-0.2, 0) is 4.74 Å². The van der Waals surface area contributed by atoms with Crippen molar-refractivity contribution in [3.63, 3.8) is 0 Å². The number of rotatable bonds is 3. The number of aliphatic imine (C=N–C) groups is 1. The van der Waals surface area contributed by atoms with Crippen LogP contribution in [0.4, 0.5) is 15.1 Å². The fourth-order valence-corrected chi connectivity index (χ4v) is 3.53. The Labute approximate surface area is 165 Å². The van der Waals surface area contributed by atoms with E-state index in [9.17, 15) is 14.0 Å². The van der Waals surface area contributed by atoms with Gasteiger partial charge < -0.3 is 9.72 Å². The molecule has 3 aromatic rings. The summed E-state index contributed by atoms with van der Waals surface area (Å²) in [7, 11) is 0. The third-order valence-electron chi connectivity index (χ3n) is 5.23. The van der Waals surface area contributed by atoms with Gasteiger partial charge in [0.1, 0.15) is 18.5 Å². The summed E-state index contributed by atoms with van der Waals surface area (Å²) in [4.78, 5) is 35.7. The van der Waals surface area contributed by atoms with E-state index in [1.54, 1.807) is 24.3 Å². The zero-order valence-corrected chi connectivity index (χ0v) is 15.4. The second-order valence-electron chi connectivity index (χ2n) is 7.15. The van der Waals surface area contributed by atoms with E-state index in [1.165, 1.54) is 12.1 Å². The maximum absolute atomic E-state index is 14.5. The van der Waals surface area contributed by atoms with E-state index >= 15 is 0 Å². The number of ether oxygens (including phenoxy) is 1. The number of nitrogens with one attached hydrogen (secondary N) is 2. The zero-order valence-electron chi connectivity index (χ0n) is 15.4.